The minimum atomic E-state index is -0.677. The molecule has 0 unspecified atom stereocenters. The number of carbonyl (C=O) groups is 1. The molecule has 0 spiro atoms. The van der Waals surface area contributed by atoms with Crippen LogP contribution in [0.5, 0.6) is 11.5 Å². The molecule has 1 aromatic rings. The Balaban J connectivity index is 2.28. The van der Waals surface area contributed by atoms with Crippen LogP contribution in [0.3, 0.4) is 0 Å². The van der Waals surface area contributed by atoms with Crippen molar-refractivity contribution in [3.05, 3.63) is 23.8 Å². The van der Waals surface area contributed by atoms with E-state index in [1.807, 2.05) is 0 Å². The fourth-order valence-corrected chi connectivity index (χ4v) is 1.86. The smallest absolute Gasteiger partial charge is 0.345 e. The van der Waals surface area contributed by atoms with Gasteiger partial charge in [0.05, 0.1) is 6.61 Å². The zero-order chi connectivity index (χ0) is 14.1. The first-order valence-electron chi connectivity index (χ1n) is 6.85. The van der Waals surface area contributed by atoms with E-state index in [1.165, 1.54) is 37.5 Å². The topological polar surface area (TPSA) is 66.8 Å². The van der Waals surface area contributed by atoms with Crippen molar-refractivity contribution in [3.8, 4) is 11.5 Å². The third-order valence-electron chi connectivity index (χ3n) is 2.96. The Labute approximate surface area is 114 Å². The van der Waals surface area contributed by atoms with Crippen LogP contribution < -0.4 is 0 Å². The summed E-state index contributed by atoms with van der Waals surface area (Å²) in [6, 6.07) is 4.16. The maximum atomic E-state index is 11.7. The summed E-state index contributed by atoms with van der Waals surface area (Å²) in [5.74, 6) is -1.19. The van der Waals surface area contributed by atoms with Crippen LogP contribution in [0.4, 0.5) is 0 Å². The molecule has 1 rings (SSSR count). The van der Waals surface area contributed by atoms with Crippen LogP contribution in [0.15, 0.2) is 18.2 Å². The highest BCUT2D eigenvalue weighted by Crippen LogP contribution is 2.26. The first-order chi connectivity index (χ1) is 9.16. The lowest BCUT2D eigenvalue weighted by molar-refractivity contribution is 0.0491. The molecule has 0 radical (unpaired) electrons. The lowest BCUT2D eigenvalue weighted by atomic mass is 10.1. The molecule has 4 heteroatoms. The van der Waals surface area contributed by atoms with Gasteiger partial charge in [-0.3, -0.25) is 0 Å². The number of carbonyl (C=O) groups excluding carboxylic acids is 1. The van der Waals surface area contributed by atoms with Crippen LogP contribution in [0.25, 0.3) is 0 Å². The standard InChI is InChI=1S/C15H22O4/c1-2-3-4-5-6-7-11-19-15(18)14-12(16)9-8-10-13(14)17/h8-10,16-17H,2-7,11H2,1H3. The molecule has 0 bridgehead atoms. The number of hydrogen-bond acceptors (Lipinski definition) is 4. The van der Waals surface area contributed by atoms with E-state index in [9.17, 15) is 15.0 Å². The van der Waals surface area contributed by atoms with E-state index in [0.29, 0.717) is 6.61 Å². The zero-order valence-electron chi connectivity index (χ0n) is 11.4. The molecular weight excluding hydrogens is 244 g/mol. The first kappa shape index (κ1) is 15.3. The average Bonchev–Trinajstić information content (AvgIpc) is 2.37. The lowest BCUT2D eigenvalue weighted by Crippen LogP contribution is -2.07. The number of unbranched alkanes of at least 4 members (excludes halogenated alkanes) is 5. The Bertz CT molecular complexity index is 381. The fourth-order valence-electron chi connectivity index (χ4n) is 1.86. The van der Waals surface area contributed by atoms with Gasteiger partial charge in [-0.05, 0) is 18.6 Å². The second kappa shape index (κ2) is 8.40. The minimum absolute atomic E-state index is 0.159. The molecule has 0 fully saturated rings. The van der Waals surface area contributed by atoms with Gasteiger partial charge in [-0.2, -0.15) is 0 Å². The molecule has 0 aliphatic rings. The van der Waals surface area contributed by atoms with Crippen molar-refractivity contribution in [2.24, 2.45) is 0 Å². The van der Waals surface area contributed by atoms with Gasteiger partial charge >= 0.3 is 5.97 Å². The molecule has 4 nitrogen and oxygen atoms in total. The Kier molecular flexibility index (Phi) is 6.79. The molecule has 0 heterocycles. The summed E-state index contributed by atoms with van der Waals surface area (Å²) in [4.78, 5) is 11.7. The molecule has 106 valence electrons. The Morgan fingerprint density at radius 1 is 1.05 bits per heavy atom. The van der Waals surface area contributed by atoms with E-state index in [1.54, 1.807) is 0 Å². The highest BCUT2D eigenvalue weighted by Gasteiger charge is 2.16. The van der Waals surface area contributed by atoms with Crippen LogP contribution >= 0.6 is 0 Å². The van der Waals surface area contributed by atoms with Crippen LogP contribution in [0.2, 0.25) is 0 Å². The van der Waals surface area contributed by atoms with E-state index in [0.717, 1.165) is 19.3 Å². The quantitative estimate of drug-likeness (QED) is 0.557. The maximum absolute atomic E-state index is 11.7. The van der Waals surface area contributed by atoms with E-state index < -0.39 is 5.97 Å². The molecule has 0 aromatic heterocycles. The van der Waals surface area contributed by atoms with Crippen molar-refractivity contribution >= 4 is 5.97 Å². The van der Waals surface area contributed by atoms with Gasteiger partial charge in [-0.15, -0.1) is 0 Å². The number of ether oxygens (including phenoxy) is 1. The number of phenolic OH excluding ortho intramolecular Hbond substituents is 2. The number of phenols is 2. The summed E-state index contributed by atoms with van der Waals surface area (Å²) < 4.78 is 5.04. The van der Waals surface area contributed by atoms with Gasteiger partial charge in [0.1, 0.15) is 17.1 Å². The SMILES string of the molecule is CCCCCCCCOC(=O)c1c(O)cccc1O. The monoisotopic (exact) mass is 266 g/mol. The average molecular weight is 266 g/mol. The van der Waals surface area contributed by atoms with Crippen LogP contribution in [0.1, 0.15) is 55.8 Å². The lowest BCUT2D eigenvalue weighted by Gasteiger charge is -2.07. The molecule has 0 saturated heterocycles. The molecule has 0 aliphatic heterocycles. The van der Waals surface area contributed by atoms with Gasteiger partial charge in [0.25, 0.3) is 0 Å². The predicted molar refractivity (Wildman–Crippen MR) is 73.4 cm³/mol. The van der Waals surface area contributed by atoms with E-state index in [-0.39, 0.29) is 17.1 Å². The van der Waals surface area contributed by atoms with Gasteiger partial charge in [0.15, 0.2) is 0 Å². The predicted octanol–water partition coefficient (Wildman–Crippen LogP) is 3.62. The van der Waals surface area contributed by atoms with Gasteiger partial charge in [-0.1, -0.05) is 45.1 Å². The van der Waals surface area contributed by atoms with Gasteiger partial charge in [0.2, 0.25) is 0 Å². The summed E-state index contributed by atoms with van der Waals surface area (Å²) in [6.45, 7) is 2.49. The molecule has 2 N–H and O–H groups in total. The maximum Gasteiger partial charge on any atom is 0.345 e. The summed E-state index contributed by atoms with van der Waals surface area (Å²) in [7, 11) is 0. The number of aromatic hydroxyl groups is 2. The molecule has 0 amide bonds. The Morgan fingerprint density at radius 3 is 2.26 bits per heavy atom. The fraction of sp³-hybridized carbons (Fsp3) is 0.533. The second-order valence-corrected chi connectivity index (χ2v) is 4.57. The number of rotatable bonds is 8. The molecule has 19 heavy (non-hydrogen) atoms. The van der Waals surface area contributed by atoms with E-state index in [2.05, 4.69) is 6.92 Å². The largest absolute Gasteiger partial charge is 0.507 e. The van der Waals surface area contributed by atoms with Crippen molar-refractivity contribution in [1.82, 2.24) is 0 Å². The highest BCUT2D eigenvalue weighted by atomic mass is 16.5. The molecular formula is C15H22O4. The minimum Gasteiger partial charge on any atom is -0.507 e. The number of esters is 1. The zero-order valence-corrected chi connectivity index (χ0v) is 11.4. The third-order valence-corrected chi connectivity index (χ3v) is 2.96. The van der Waals surface area contributed by atoms with Crippen molar-refractivity contribution in [3.63, 3.8) is 0 Å². The third kappa shape index (κ3) is 5.20. The Hall–Kier alpha value is -1.71. The van der Waals surface area contributed by atoms with Crippen molar-refractivity contribution in [2.75, 3.05) is 6.61 Å². The molecule has 1 aromatic carbocycles. The van der Waals surface area contributed by atoms with E-state index in [4.69, 9.17) is 4.74 Å². The van der Waals surface area contributed by atoms with E-state index >= 15 is 0 Å². The molecule has 0 aliphatic carbocycles. The summed E-state index contributed by atoms with van der Waals surface area (Å²) in [5, 5.41) is 19.0. The normalized spacial score (nSPS) is 10.4. The second-order valence-electron chi connectivity index (χ2n) is 4.57. The highest BCUT2D eigenvalue weighted by molar-refractivity contribution is 5.95. The van der Waals surface area contributed by atoms with Crippen molar-refractivity contribution in [1.29, 1.82) is 0 Å². The van der Waals surface area contributed by atoms with Crippen molar-refractivity contribution in [2.45, 2.75) is 45.4 Å². The van der Waals surface area contributed by atoms with Crippen LogP contribution in [-0.4, -0.2) is 22.8 Å². The van der Waals surface area contributed by atoms with Crippen molar-refractivity contribution < 1.29 is 19.7 Å². The molecule has 0 saturated carbocycles. The van der Waals surface area contributed by atoms with Crippen LogP contribution in [-0.2, 0) is 4.74 Å². The number of benzene rings is 1. The number of hydrogen-bond donors (Lipinski definition) is 2. The summed E-state index contributed by atoms with van der Waals surface area (Å²) in [5.41, 5.74) is -0.159. The van der Waals surface area contributed by atoms with Gasteiger partial charge < -0.3 is 14.9 Å². The Morgan fingerprint density at radius 2 is 1.63 bits per heavy atom. The summed E-state index contributed by atoms with van der Waals surface area (Å²) in [6.07, 6.45) is 6.65. The van der Waals surface area contributed by atoms with Gasteiger partial charge in [-0.25, -0.2) is 4.79 Å². The first-order valence-corrected chi connectivity index (χ1v) is 6.85. The molecule has 0 atom stereocenters. The van der Waals surface area contributed by atoms with Gasteiger partial charge in [0, 0.05) is 0 Å². The van der Waals surface area contributed by atoms with Crippen LogP contribution in [0, 0.1) is 0 Å². The summed E-state index contributed by atoms with van der Waals surface area (Å²) >= 11 is 0.